The summed E-state index contributed by atoms with van der Waals surface area (Å²) in [5.74, 6) is 1.81. The van der Waals surface area contributed by atoms with Crippen LogP contribution in [0.4, 0.5) is 0 Å². The third-order valence-electron chi connectivity index (χ3n) is 4.17. The van der Waals surface area contributed by atoms with E-state index in [1.54, 1.807) is 4.90 Å². The highest BCUT2D eigenvalue weighted by atomic mass is 16.5. The van der Waals surface area contributed by atoms with Crippen LogP contribution < -0.4 is 0 Å². The molecule has 2 heterocycles. The summed E-state index contributed by atoms with van der Waals surface area (Å²) in [4.78, 5) is 18.9. The van der Waals surface area contributed by atoms with Crippen LogP contribution in [0.2, 0.25) is 0 Å². The topological polar surface area (TPSA) is 85.3 Å². The van der Waals surface area contributed by atoms with Crippen LogP contribution in [0, 0.1) is 0 Å². The number of hydrogen-bond donors (Lipinski definition) is 0. The number of carbonyl (C=O) groups excluding carboxylic acids is 1. The van der Waals surface area contributed by atoms with Crippen LogP contribution in [0.5, 0.6) is 0 Å². The SMILES string of the molecule is CCc1noc(CN(C(=O)c2noc3c2CCCC3)C(C)C)n1. The smallest absolute Gasteiger partial charge is 0.277 e. The zero-order valence-corrected chi connectivity index (χ0v) is 13.8. The van der Waals surface area contributed by atoms with E-state index in [1.165, 1.54) is 0 Å². The van der Waals surface area contributed by atoms with Crippen molar-refractivity contribution < 1.29 is 13.8 Å². The lowest BCUT2D eigenvalue weighted by Gasteiger charge is -2.24. The van der Waals surface area contributed by atoms with E-state index in [2.05, 4.69) is 15.3 Å². The summed E-state index contributed by atoms with van der Waals surface area (Å²) >= 11 is 0. The molecule has 1 aliphatic rings. The summed E-state index contributed by atoms with van der Waals surface area (Å²) in [7, 11) is 0. The van der Waals surface area contributed by atoms with Gasteiger partial charge in [-0.25, -0.2) is 0 Å². The Morgan fingerprint density at radius 3 is 2.70 bits per heavy atom. The van der Waals surface area contributed by atoms with Gasteiger partial charge in [0, 0.05) is 24.4 Å². The number of fused-ring (bicyclic) bond motifs is 1. The molecule has 0 saturated heterocycles. The van der Waals surface area contributed by atoms with Gasteiger partial charge in [-0.15, -0.1) is 0 Å². The zero-order chi connectivity index (χ0) is 16.4. The minimum absolute atomic E-state index is 0.00424. The lowest BCUT2D eigenvalue weighted by Crippen LogP contribution is -2.37. The number of amides is 1. The van der Waals surface area contributed by atoms with Gasteiger partial charge >= 0.3 is 0 Å². The van der Waals surface area contributed by atoms with Crippen molar-refractivity contribution in [3.05, 3.63) is 28.7 Å². The van der Waals surface area contributed by atoms with Gasteiger partial charge in [-0.2, -0.15) is 4.98 Å². The Morgan fingerprint density at radius 2 is 2.00 bits per heavy atom. The van der Waals surface area contributed by atoms with Gasteiger partial charge in [0.05, 0.1) is 0 Å². The lowest BCUT2D eigenvalue weighted by molar-refractivity contribution is 0.0655. The molecule has 0 aliphatic heterocycles. The fraction of sp³-hybridized carbons (Fsp3) is 0.625. The predicted octanol–water partition coefficient (Wildman–Crippen LogP) is 2.55. The number of rotatable bonds is 5. The zero-order valence-electron chi connectivity index (χ0n) is 13.8. The minimum atomic E-state index is -0.136. The largest absolute Gasteiger partial charge is 0.360 e. The van der Waals surface area contributed by atoms with Gasteiger partial charge in [0.25, 0.3) is 5.91 Å². The van der Waals surface area contributed by atoms with Crippen molar-refractivity contribution in [3.63, 3.8) is 0 Å². The molecule has 0 atom stereocenters. The molecule has 0 fully saturated rings. The van der Waals surface area contributed by atoms with Gasteiger partial charge in [0.2, 0.25) is 5.89 Å². The van der Waals surface area contributed by atoms with Crippen LogP contribution >= 0.6 is 0 Å². The Labute approximate surface area is 135 Å². The van der Waals surface area contributed by atoms with Crippen LogP contribution in [0.15, 0.2) is 9.05 Å². The Kier molecular flexibility index (Phi) is 4.45. The van der Waals surface area contributed by atoms with Gasteiger partial charge in [-0.3, -0.25) is 4.79 Å². The van der Waals surface area contributed by atoms with E-state index in [4.69, 9.17) is 9.05 Å². The Morgan fingerprint density at radius 1 is 1.22 bits per heavy atom. The third-order valence-corrected chi connectivity index (χ3v) is 4.17. The van der Waals surface area contributed by atoms with Crippen molar-refractivity contribution >= 4 is 5.91 Å². The lowest BCUT2D eigenvalue weighted by atomic mass is 9.96. The maximum Gasteiger partial charge on any atom is 0.277 e. The van der Waals surface area contributed by atoms with Gasteiger partial charge in [-0.05, 0) is 33.1 Å². The summed E-state index contributed by atoms with van der Waals surface area (Å²) in [6.45, 7) is 6.16. The van der Waals surface area contributed by atoms with Crippen molar-refractivity contribution in [2.24, 2.45) is 0 Å². The van der Waals surface area contributed by atoms with Crippen molar-refractivity contribution in [1.29, 1.82) is 0 Å². The monoisotopic (exact) mass is 318 g/mol. The second-order valence-electron chi connectivity index (χ2n) is 6.12. The minimum Gasteiger partial charge on any atom is -0.360 e. The molecule has 2 aromatic rings. The molecule has 0 radical (unpaired) electrons. The second kappa shape index (κ2) is 6.52. The highest BCUT2D eigenvalue weighted by molar-refractivity contribution is 5.94. The molecular formula is C16H22N4O3. The molecule has 0 aromatic carbocycles. The fourth-order valence-corrected chi connectivity index (χ4v) is 2.82. The van der Waals surface area contributed by atoms with Crippen molar-refractivity contribution in [3.8, 4) is 0 Å². The molecule has 7 heteroatoms. The quantitative estimate of drug-likeness (QED) is 0.842. The maximum atomic E-state index is 12.9. The van der Waals surface area contributed by atoms with Crippen LogP contribution in [-0.2, 0) is 25.8 Å². The molecule has 2 aromatic heterocycles. The summed E-state index contributed by atoms with van der Waals surface area (Å²) in [6.07, 6.45) is 4.58. The Balaban J connectivity index is 1.83. The van der Waals surface area contributed by atoms with E-state index in [0.29, 0.717) is 23.8 Å². The molecule has 23 heavy (non-hydrogen) atoms. The van der Waals surface area contributed by atoms with Gasteiger partial charge in [0.15, 0.2) is 11.5 Å². The first-order valence-corrected chi connectivity index (χ1v) is 8.20. The highest BCUT2D eigenvalue weighted by Gasteiger charge is 2.29. The van der Waals surface area contributed by atoms with Crippen molar-refractivity contribution in [1.82, 2.24) is 20.2 Å². The van der Waals surface area contributed by atoms with Crippen molar-refractivity contribution in [2.45, 2.75) is 65.5 Å². The second-order valence-corrected chi connectivity index (χ2v) is 6.12. The van der Waals surface area contributed by atoms with Crippen molar-refractivity contribution in [2.75, 3.05) is 0 Å². The van der Waals surface area contributed by atoms with Gasteiger partial charge < -0.3 is 13.9 Å². The third kappa shape index (κ3) is 3.13. The molecule has 7 nitrogen and oxygen atoms in total. The summed E-state index contributed by atoms with van der Waals surface area (Å²) in [6, 6.07) is -0.00424. The average Bonchev–Trinajstić information content (AvgIpc) is 3.18. The van der Waals surface area contributed by atoms with Crippen LogP contribution in [0.1, 0.15) is 67.1 Å². The number of hydrogen-bond acceptors (Lipinski definition) is 6. The van der Waals surface area contributed by atoms with E-state index >= 15 is 0 Å². The normalized spacial score (nSPS) is 14.1. The molecule has 1 aliphatic carbocycles. The molecule has 0 bridgehead atoms. The Bertz CT molecular complexity index is 689. The first-order chi connectivity index (χ1) is 11.1. The fourth-order valence-electron chi connectivity index (χ4n) is 2.82. The molecule has 124 valence electrons. The maximum absolute atomic E-state index is 12.9. The van der Waals surface area contributed by atoms with E-state index in [1.807, 2.05) is 20.8 Å². The van der Waals surface area contributed by atoms with Crippen LogP contribution in [-0.4, -0.2) is 32.1 Å². The molecule has 0 unspecified atom stereocenters. The molecule has 1 amide bonds. The molecule has 3 rings (SSSR count). The standard InChI is InChI=1S/C16H22N4O3/c1-4-13-17-14(23-18-13)9-20(10(2)3)16(21)15-11-7-5-6-8-12(11)22-19-15/h10H,4-9H2,1-3H3. The molecule has 0 spiro atoms. The van der Waals surface area contributed by atoms with Crippen LogP contribution in [0.25, 0.3) is 0 Å². The average molecular weight is 318 g/mol. The van der Waals surface area contributed by atoms with E-state index in [0.717, 1.165) is 37.0 Å². The summed E-state index contributed by atoms with van der Waals surface area (Å²) in [5.41, 5.74) is 1.40. The molecular weight excluding hydrogens is 296 g/mol. The first-order valence-electron chi connectivity index (χ1n) is 8.20. The van der Waals surface area contributed by atoms with Gasteiger partial charge in [0.1, 0.15) is 12.3 Å². The summed E-state index contributed by atoms with van der Waals surface area (Å²) in [5, 5.41) is 7.91. The van der Waals surface area contributed by atoms with Gasteiger partial charge in [-0.1, -0.05) is 17.2 Å². The first kappa shape index (κ1) is 15.7. The predicted molar refractivity (Wildman–Crippen MR) is 81.8 cm³/mol. The molecule has 0 saturated carbocycles. The molecule has 0 N–H and O–H groups in total. The van der Waals surface area contributed by atoms with E-state index < -0.39 is 0 Å². The number of aryl methyl sites for hydroxylation is 2. The number of carbonyl (C=O) groups is 1. The Hall–Kier alpha value is -2.18. The number of nitrogens with zero attached hydrogens (tertiary/aromatic N) is 4. The van der Waals surface area contributed by atoms with E-state index in [-0.39, 0.29) is 18.5 Å². The highest BCUT2D eigenvalue weighted by Crippen LogP contribution is 2.26. The summed E-state index contributed by atoms with van der Waals surface area (Å²) < 4.78 is 10.6. The van der Waals surface area contributed by atoms with Crippen LogP contribution in [0.3, 0.4) is 0 Å². The van der Waals surface area contributed by atoms with E-state index in [9.17, 15) is 4.79 Å². The number of aromatic nitrogens is 3.